The van der Waals surface area contributed by atoms with Gasteiger partial charge in [0, 0.05) is 78.3 Å². The third-order valence-electron chi connectivity index (χ3n) is 18.8. The zero-order chi connectivity index (χ0) is 65.2. The van der Waals surface area contributed by atoms with E-state index < -0.39 is 0 Å². The maximum atomic E-state index is 10.6. The number of hydrogen-bond acceptors (Lipinski definition) is 8. The molecule has 13 aromatic carbocycles. The van der Waals surface area contributed by atoms with Crippen molar-refractivity contribution < 1.29 is 0 Å². The minimum atomic E-state index is -0.230. The highest BCUT2D eigenvalue weighted by Crippen LogP contribution is 2.48. The van der Waals surface area contributed by atoms with Gasteiger partial charge in [0.2, 0.25) is 0 Å². The Bertz CT molecular complexity index is 5650. The van der Waals surface area contributed by atoms with Gasteiger partial charge >= 0.3 is 0 Å². The van der Waals surface area contributed by atoms with Gasteiger partial charge in [0.25, 0.3) is 6.71 Å². The molecule has 5 heterocycles. The summed E-state index contributed by atoms with van der Waals surface area (Å²) in [5, 5.41) is 12.6. The van der Waals surface area contributed by atoms with E-state index in [2.05, 4.69) is 213 Å². The summed E-state index contributed by atoms with van der Waals surface area (Å²) in [5.74, 6) is 2.10. The second-order valence-electron chi connectivity index (χ2n) is 24.6. The largest absolute Gasteiger partial charge is 0.313 e. The molecule has 0 N–H and O–H groups in total. The van der Waals surface area contributed by atoms with E-state index in [0.29, 0.717) is 34.5 Å². The molecule has 0 bridgehead atoms. The summed E-state index contributed by atoms with van der Waals surface area (Å²) >= 11 is 0. The summed E-state index contributed by atoms with van der Waals surface area (Å²) in [6.07, 6.45) is 0. The number of rotatable bonds is 11. The lowest BCUT2D eigenvalue weighted by Crippen LogP contribution is -2.61. The Morgan fingerprint density at radius 2 is 0.765 bits per heavy atom. The highest BCUT2D eigenvalue weighted by molar-refractivity contribution is 7.00. The monoisotopic (exact) mass is 1250 g/mol. The number of nitriles is 1. The van der Waals surface area contributed by atoms with Crippen LogP contribution in [0.4, 0.5) is 39.8 Å². The molecular weight excluding hydrogens is 1200 g/mol. The SMILES string of the molecule is [C-]#[N+]c1ccc2c(c1)N(c1ccccc1)c1cc(-c3ccc4c(c3)c3cc(-c5ccccc5)ccc3n4-c3ccc(-c4nc(-c5ccccc5)cc(-c5ccccc5)n4)cc3-c3nc(-c4ccccc4)nc(-c4ccccc4)n3)cc3c1B2c1ccc(C#N)cc1N3c1ccccc1. The number of anilines is 6. The van der Waals surface area contributed by atoms with Gasteiger partial charge < -0.3 is 14.4 Å². The van der Waals surface area contributed by atoms with E-state index in [4.69, 9.17) is 31.5 Å². The van der Waals surface area contributed by atoms with E-state index in [1.165, 1.54) is 0 Å². The quantitative estimate of drug-likeness (QED) is 0.0932. The van der Waals surface area contributed by atoms with Gasteiger partial charge in [0.15, 0.2) is 29.0 Å². The molecule has 3 aromatic heterocycles. The van der Waals surface area contributed by atoms with Gasteiger partial charge in [0.1, 0.15) is 0 Å². The number of para-hydroxylation sites is 2. The maximum absolute atomic E-state index is 10.6. The molecule has 0 spiro atoms. The van der Waals surface area contributed by atoms with Gasteiger partial charge in [-0.3, -0.25) is 0 Å². The van der Waals surface area contributed by atoms with Crippen molar-refractivity contribution in [1.82, 2.24) is 29.5 Å². The van der Waals surface area contributed by atoms with Gasteiger partial charge in [-0.2, -0.15) is 5.26 Å². The van der Waals surface area contributed by atoms with E-state index in [1.54, 1.807) is 0 Å². The Kier molecular flexibility index (Phi) is 13.8. The van der Waals surface area contributed by atoms with E-state index in [-0.39, 0.29) is 6.71 Å². The fourth-order valence-electron chi connectivity index (χ4n) is 14.3. The summed E-state index contributed by atoms with van der Waals surface area (Å²) in [7, 11) is 0. The summed E-state index contributed by atoms with van der Waals surface area (Å²) in [6.45, 7) is 8.06. The minimum absolute atomic E-state index is 0.230. The highest BCUT2D eigenvalue weighted by Gasteiger charge is 2.44. The lowest BCUT2D eigenvalue weighted by molar-refractivity contribution is 1.06. The Balaban J connectivity index is 0.908. The Labute approximate surface area is 566 Å². The number of aromatic nitrogens is 6. The number of fused-ring (bicyclic) bond motifs is 7. The van der Waals surface area contributed by atoms with Crippen molar-refractivity contribution in [2.75, 3.05) is 9.80 Å². The van der Waals surface area contributed by atoms with Crippen molar-refractivity contribution in [2.24, 2.45) is 0 Å². The van der Waals surface area contributed by atoms with Crippen molar-refractivity contribution in [1.29, 1.82) is 5.26 Å². The molecule has 10 nitrogen and oxygen atoms in total. The van der Waals surface area contributed by atoms with Gasteiger partial charge in [-0.15, -0.1) is 0 Å². The summed E-state index contributed by atoms with van der Waals surface area (Å²) in [6, 6.07) is 114. The first-order valence-corrected chi connectivity index (χ1v) is 32.6. The Morgan fingerprint density at radius 3 is 1.28 bits per heavy atom. The van der Waals surface area contributed by atoms with Crippen LogP contribution in [0.2, 0.25) is 0 Å². The standard InChI is InChI=1S/C87H53BN10/c1-90-66-41-43-73-80(53-66)97(68-35-21-8-22-36-68)82-52-65(51-81-83(82)88(73)72-42-37-56(55-89)47-79(72)96(81)67-33-19-7-20-34-67)63-39-45-77-70(49-63)69-48-62(57-23-9-2-10-24-57)38-44-76(69)98(77)78-46-40-64(86-91-74(58-25-11-3-12-26-58)54-75(92-86)59-27-13-4-14-28-59)50-71(78)87-94-84(60-29-15-5-16-30-60)93-85(95-87)61-31-17-6-18-32-61/h2-54H. The van der Waals surface area contributed by atoms with Crippen molar-refractivity contribution in [3.63, 3.8) is 0 Å². The van der Waals surface area contributed by atoms with Crippen LogP contribution in [0.5, 0.6) is 0 Å². The predicted octanol–water partition coefficient (Wildman–Crippen LogP) is 19.6. The highest BCUT2D eigenvalue weighted by atomic mass is 15.2. The average molecular weight is 1250 g/mol. The molecule has 0 unspecified atom stereocenters. The van der Waals surface area contributed by atoms with Gasteiger partial charge in [-0.1, -0.05) is 218 Å². The number of hydrogen-bond donors (Lipinski definition) is 0. The van der Waals surface area contributed by atoms with Crippen LogP contribution in [0.1, 0.15) is 5.56 Å². The van der Waals surface area contributed by atoms with E-state index in [1.807, 2.05) is 133 Å². The molecule has 0 aliphatic carbocycles. The Hall–Kier alpha value is -13.6. The van der Waals surface area contributed by atoms with Crippen LogP contribution in [0, 0.1) is 17.9 Å². The molecular formula is C87H53BN10. The molecule has 0 radical (unpaired) electrons. The zero-order valence-electron chi connectivity index (χ0n) is 52.6. The van der Waals surface area contributed by atoms with Crippen LogP contribution in [0.15, 0.2) is 322 Å². The van der Waals surface area contributed by atoms with Crippen molar-refractivity contribution >= 4 is 84.7 Å². The molecule has 0 saturated heterocycles. The minimum Gasteiger partial charge on any atom is -0.313 e. The molecule has 98 heavy (non-hydrogen) atoms. The molecule has 0 fully saturated rings. The topological polar surface area (TPSA) is 104 Å². The molecule has 2 aliphatic heterocycles. The number of benzene rings is 13. The molecule has 16 aromatic rings. The summed E-state index contributed by atoms with van der Waals surface area (Å²) in [5.41, 5.74) is 23.9. The molecule has 454 valence electrons. The summed E-state index contributed by atoms with van der Waals surface area (Å²) in [4.78, 5) is 35.5. The van der Waals surface area contributed by atoms with E-state index >= 15 is 0 Å². The van der Waals surface area contributed by atoms with Gasteiger partial charge in [-0.25, -0.2) is 29.8 Å². The van der Waals surface area contributed by atoms with Gasteiger partial charge in [-0.05, 0) is 142 Å². The van der Waals surface area contributed by atoms with Crippen LogP contribution in [-0.4, -0.2) is 36.2 Å². The van der Waals surface area contributed by atoms with Crippen LogP contribution in [0.3, 0.4) is 0 Å². The van der Waals surface area contributed by atoms with Crippen LogP contribution in [0.25, 0.3) is 123 Å². The van der Waals surface area contributed by atoms with Crippen molar-refractivity contribution in [2.45, 2.75) is 0 Å². The third kappa shape index (κ3) is 9.85. The fraction of sp³-hybridized carbons (Fsp3) is 0. The first-order chi connectivity index (χ1) is 48.5. The first-order valence-electron chi connectivity index (χ1n) is 32.6. The molecule has 11 heteroatoms. The Morgan fingerprint density at radius 1 is 0.327 bits per heavy atom. The van der Waals surface area contributed by atoms with Crippen LogP contribution < -0.4 is 26.2 Å². The molecule has 2 aliphatic rings. The second-order valence-corrected chi connectivity index (χ2v) is 24.6. The average Bonchev–Trinajstić information content (AvgIpc) is 0.741. The number of nitrogens with zero attached hydrogens (tertiary/aromatic N) is 10. The van der Waals surface area contributed by atoms with E-state index in [9.17, 15) is 5.26 Å². The summed E-state index contributed by atoms with van der Waals surface area (Å²) < 4.78 is 2.36. The predicted molar refractivity (Wildman–Crippen MR) is 398 cm³/mol. The zero-order valence-corrected chi connectivity index (χ0v) is 52.6. The third-order valence-corrected chi connectivity index (χ3v) is 18.8. The lowest BCUT2D eigenvalue weighted by Gasteiger charge is -2.44. The van der Waals surface area contributed by atoms with Crippen molar-refractivity contribution in [3.05, 3.63) is 338 Å². The normalized spacial score (nSPS) is 12.0. The molecule has 0 saturated carbocycles. The second kappa shape index (κ2) is 23.8. The molecule has 18 rings (SSSR count). The van der Waals surface area contributed by atoms with Crippen molar-refractivity contribution in [3.8, 4) is 102 Å². The van der Waals surface area contributed by atoms with Crippen LogP contribution in [-0.2, 0) is 0 Å². The molecule has 0 amide bonds. The lowest BCUT2D eigenvalue weighted by atomic mass is 9.33. The smallest absolute Gasteiger partial charge is 0.251 e. The fourth-order valence-corrected chi connectivity index (χ4v) is 14.3. The maximum Gasteiger partial charge on any atom is 0.251 e. The van der Waals surface area contributed by atoms with E-state index in [0.717, 1.165) is 145 Å². The van der Waals surface area contributed by atoms with Gasteiger partial charge in [0.05, 0.1) is 46.3 Å². The first kappa shape index (κ1) is 57.1. The molecule has 0 atom stereocenters. The van der Waals surface area contributed by atoms with Crippen LogP contribution >= 0.6 is 0 Å².